The lowest BCUT2D eigenvalue weighted by Gasteiger charge is -2.49. The fourth-order valence-corrected chi connectivity index (χ4v) is 8.09. The molecule has 0 spiro atoms. The standard InChI is InChI=1S/C31H23Cl2FN2O6/c32-30-14-22-20(11-12-21-24(22)27(39)35(26(21)38)17-4-2-1-3-5-17)25(23-13-10-19(15-37)42-23)31(30,33)29(41)36(28(30)40)18-8-6-16(34)7-9-18/h1-11,13,21-22,24-25,37H,12,14-15H2/t21-,22+,24-,25+,30+,31-/m0/s1. The van der Waals surface area contributed by atoms with Crippen molar-refractivity contribution >= 4 is 58.2 Å². The molecule has 3 fully saturated rings. The number of carbonyl (C=O) groups excluding carboxylic acids is 4. The van der Waals surface area contributed by atoms with Gasteiger partial charge in [-0.2, -0.15) is 0 Å². The van der Waals surface area contributed by atoms with Crippen LogP contribution in [0.5, 0.6) is 0 Å². The molecule has 11 heteroatoms. The minimum atomic E-state index is -2.09. The summed E-state index contributed by atoms with van der Waals surface area (Å²) in [6.45, 7) is -0.422. The molecular weight excluding hydrogens is 586 g/mol. The number of hydrogen-bond acceptors (Lipinski definition) is 6. The van der Waals surface area contributed by atoms with Gasteiger partial charge in [0.2, 0.25) is 11.8 Å². The third kappa shape index (κ3) is 3.44. The fourth-order valence-electron chi connectivity index (χ4n) is 7.18. The number of nitrogens with zero attached hydrogens (tertiary/aromatic N) is 2. The molecule has 0 unspecified atom stereocenters. The molecule has 42 heavy (non-hydrogen) atoms. The first-order valence-electron chi connectivity index (χ1n) is 13.5. The number of benzene rings is 2. The number of hydrogen-bond donors (Lipinski definition) is 1. The Labute approximate surface area is 249 Å². The molecule has 7 rings (SSSR count). The minimum absolute atomic E-state index is 0.0901. The molecular formula is C31H23Cl2FN2O6. The lowest BCUT2D eigenvalue weighted by atomic mass is 9.57. The largest absolute Gasteiger partial charge is 0.463 e. The van der Waals surface area contributed by atoms with Crippen molar-refractivity contribution in [1.29, 1.82) is 0 Å². The van der Waals surface area contributed by atoms with Crippen molar-refractivity contribution < 1.29 is 33.1 Å². The van der Waals surface area contributed by atoms with Crippen LogP contribution < -0.4 is 9.80 Å². The number of imide groups is 2. The fraction of sp³-hybridized carbons (Fsp3) is 0.290. The van der Waals surface area contributed by atoms with Gasteiger partial charge < -0.3 is 9.52 Å². The minimum Gasteiger partial charge on any atom is -0.463 e. The van der Waals surface area contributed by atoms with Crippen molar-refractivity contribution in [2.24, 2.45) is 17.8 Å². The van der Waals surface area contributed by atoms with Gasteiger partial charge in [0, 0.05) is 0 Å². The van der Waals surface area contributed by atoms with Crippen molar-refractivity contribution in [1.82, 2.24) is 0 Å². The molecule has 2 aromatic carbocycles. The van der Waals surface area contributed by atoms with E-state index >= 15 is 0 Å². The monoisotopic (exact) mass is 608 g/mol. The molecule has 214 valence electrons. The van der Waals surface area contributed by atoms with Crippen LogP contribution in [0.1, 0.15) is 30.3 Å². The molecule has 2 saturated heterocycles. The number of alkyl halides is 2. The van der Waals surface area contributed by atoms with Gasteiger partial charge in [-0.05, 0) is 67.3 Å². The van der Waals surface area contributed by atoms with E-state index in [1.807, 2.05) is 0 Å². The number of halogens is 3. The Balaban J connectivity index is 1.39. The van der Waals surface area contributed by atoms with Crippen molar-refractivity contribution in [2.75, 3.05) is 9.80 Å². The summed E-state index contributed by atoms with van der Waals surface area (Å²) in [6, 6.07) is 16.5. The van der Waals surface area contributed by atoms with E-state index in [2.05, 4.69) is 0 Å². The number of para-hydroxylation sites is 1. The molecule has 1 aromatic heterocycles. The van der Waals surface area contributed by atoms with E-state index in [1.165, 1.54) is 23.1 Å². The van der Waals surface area contributed by atoms with Crippen molar-refractivity contribution in [2.45, 2.75) is 35.1 Å². The highest BCUT2D eigenvalue weighted by molar-refractivity contribution is 6.58. The first-order valence-corrected chi connectivity index (χ1v) is 14.2. The number of rotatable bonds is 4. The number of fused-ring (bicyclic) bond motifs is 4. The Bertz CT molecular complexity index is 1690. The third-order valence-corrected chi connectivity index (χ3v) is 10.4. The van der Waals surface area contributed by atoms with Crippen LogP contribution >= 0.6 is 23.2 Å². The zero-order valence-corrected chi connectivity index (χ0v) is 23.4. The van der Waals surface area contributed by atoms with Crippen molar-refractivity contribution in [3.8, 4) is 0 Å². The summed E-state index contributed by atoms with van der Waals surface area (Å²) in [4.78, 5) is 53.8. The second kappa shape index (κ2) is 9.36. The van der Waals surface area contributed by atoms with Gasteiger partial charge in [-0.1, -0.05) is 29.8 Å². The van der Waals surface area contributed by atoms with E-state index in [-0.39, 0.29) is 36.0 Å². The van der Waals surface area contributed by atoms with E-state index in [0.29, 0.717) is 11.3 Å². The first kappa shape index (κ1) is 27.1. The van der Waals surface area contributed by atoms with Crippen molar-refractivity contribution in [3.05, 3.63) is 95.7 Å². The number of anilines is 2. The first-order chi connectivity index (χ1) is 20.1. The molecule has 8 nitrogen and oxygen atoms in total. The van der Waals surface area contributed by atoms with Gasteiger partial charge in [0.25, 0.3) is 11.8 Å². The molecule has 3 heterocycles. The number of aliphatic hydroxyl groups excluding tert-OH is 1. The van der Waals surface area contributed by atoms with E-state index in [1.54, 1.807) is 42.5 Å². The third-order valence-electron chi connectivity index (χ3n) is 9.03. The Morgan fingerprint density at radius 3 is 2.21 bits per heavy atom. The molecule has 2 aliphatic heterocycles. The summed E-state index contributed by atoms with van der Waals surface area (Å²) >= 11 is 14.5. The summed E-state index contributed by atoms with van der Waals surface area (Å²) in [5.74, 6) is -5.95. The van der Waals surface area contributed by atoms with Crippen LogP contribution in [-0.2, 0) is 25.8 Å². The zero-order valence-electron chi connectivity index (χ0n) is 21.9. The van der Waals surface area contributed by atoms with E-state index in [4.69, 9.17) is 27.6 Å². The van der Waals surface area contributed by atoms with Crippen LogP contribution in [0.25, 0.3) is 0 Å². The van der Waals surface area contributed by atoms with E-state index in [9.17, 15) is 28.7 Å². The summed E-state index contributed by atoms with van der Waals surface area (Å²) in [5.41, 5.74) is 1.10. The zero-order chi connectivity index (χ0) is 29.6. The second-order valence-electron chi connectivity index (χ2n) is 11.1. The topological polar surface area (TPSA) is 108 Å². The summed E-state index contributed by atoms with van der Waals surface area (Å²) in [5, 5.41) is 9.70. The van der Waals surface area contributed by atoms with Crippen LogP contribution in [0, 0.1) is 23.6 Å². The van der Waals surface area contributed by atoms with Gasteiger partial charge >= 0.3 is 0 Å². The van der Waals surface area contributed by atoms with Crippen LogP contribution in [0.4, 0.5) is 15.8 Å². The normalized spacial score (nSPS) is 32.1. The Morgan fingerprint density at radius 1 is 0.857 bits per heavy atom. The van der Waals surface area contributed by atoms with E-state index in [0.717, 1.165) is 17.0 Å². The van der Waals surface area contributed by atoms with Gasteiger partial charge in [0.1, 0.15) is 23.9 Å². The Morgan fingerprint density at radius 2 is 1.55 bits per heavy atom. The van der Waals surface area contributed by atoms with Crippen LogP contribution in [0.2, 0.25) is 0 Å². The summed E-state index contributed by atoms with van der Waals surface area (Å²) in [7, 11) is 0. The Kier molecular flexibility index (Phi) is 6.03. The molecule has 0 radical (unpaired) electrons. The number of furan rings is 1. The smallest absolute Gasteiger partial charge is 0.258 e. The maximum absolute atomic E-state index is 14.2. The Hall–Kier alpha value is -3.79. The van der Waals surface area contributed by atoms with Crippen LogP contribution in [0.15, 0.2) is 82.8 Å². The van der Waals surface area contributed by atoms with Gasteiger partial charge in [-0.3, -0.25) is 24.1 Å². The molecule has 0 bridgehead atoms. The lowest BCUT2D eigenvalue weighted by molar-refractivity contribution is -0.125. The predicted molar refractivity (Wildman–Crippen MR) is 150 cm³/mol. The predicted octanol–water partition coefficient (Wildman–Crippen LogP) is 4.68. The number of allylic oxidation sites excluding steroid dienone is 2. The van der Waals surface area contributed by atoms with E-state index < -0.39 is 63.6 Å². The molecule has 2 aliphatic carbocycles. The SMILES string of the molecule is O=C1[C@H]2[C@H](CC=C3[C@H]2C[C@@]2(Cl)C(=O)N(c4ccc(F)cc4)C(=O)[C@@]2(Cl)[C@H]3c2ccc(CO)o2)C(=O)N1c1ccccc1. The molecule has 1 N–H and O–H groups in total. The van der Waals surface area contributed by atoms with Gasteiger partial charge in [-0.25, -0.2) is 9.29 Å². The molecule has 4 amide bonds. The molecule has 6 atom stereocenters. The summed E-state index contributed by atoms with van der Waals surface area (Å²) < 4.78 is 19.6. The van der Waals surface area contributed by atoms with Crippen LogP contribution in [0.3, 0.4) is 0 Å². The highest BCUT2D eigenvalue weighted by Crippen LogP contribution is 2.66. The van der Waals surface area contributed by atoms with Gasteiger partial charge in [-0.15, -0.1) is 23.2 Å². The highest BCUT2D eigenvalue weighted by atomic mass is 35.5. The summed E-state index contributed by atoms with van der Waals surface area (Å²) in [6.07, 6.45) is 1.82. The highest BCUT2D eigenvalue weighted by Gasteiger charge is 2.77. The molecule has 4 aliphatic rings. The van der Waals surface area contributed by atoms with Crippen molar-refractivity contribution in [3.63, 3.8) is 0 Å². The number of amides is 4. The number of aliphatic hydroxyl groups is 1. The second-order valence-corrected chi connectivity index (χ2v) is 12.3. The maximum Gasteiger partial charge on any atom is 0.258 e. The van der Waals surface area contributed by atoms with Gasteiger partial charge in [0.15, 0.2) is 9.75 Å². The lowest BCUT2D eigenvalue weighted by Crippen LogP contribution is -2.60. The number of carbonyl (C=O) groups is 4. The van der Waals surface area contributed by atoms with Crippen LogP contribution in [-0.4, -0.2) is 38.5 Å². The maximum atomic E-state index is 14.2. The van der Waals surface area contributed by atoms with Gasteiger partial charge in [0.05, 0.1) is 29.1 Å². The molecule has 3 aromatic rings. The molecule has 1 saturated carbocycles. The average molecular weight is 609 g/mol. The quantitative estimate of drug-likeness (QED) is 0.262. The average Bonchev–Trinajstić information content (AvgIpc) is 3.60.